The van der Waals surface area contributed by atoms with Crippen molar-refractivity contribution in [2.24, 2.45) is 0 Å². The van der Waals surface area contributed by atoms with Crippen LogP contribution in [-0.2, 0) is 0 Å². The number of carbonyl (C=O) groups excluding carboxylic acids is 1. The van der Waals surface area contributed by atoms with Gasteiger partial charge in [0.15, 0.2) is 5.78 Å². The third-order valence-corrected chi connectivity index (χ3v) is 3.99. The lowest BCUT2D eigenvalue weighted by Gasteiger charge is -2.32. The van der Waals surface area contributed by atoms with Gasteiger partial charge in [-0.15, -0.1) is 0 Å². The van der Waals surface area contributed by atoms with Crippen molar-refractivity contribution in [2.75, 3.05) is 39.8 Å². The van der Waals surface area contributed by atoms with Crippen LogP contribution in [0.4, 0.5) is 0 Å². The van der Waals surface area contributed by atoms with Crippen molar-refractivity contribution in [1.29, 1.82) is 0 Å². The van der Waals surface area contributed by atoms with Gasteiger partial charge in [-0.3, -0.25) is 4.79 Å². The minimum atomic E-state index is 0.209. The number of hydrogen-bond acceptors (Lipinski definition) is 4. The van der Waals surface area contributed by atoms with Gasteiger partial charge in [0, 0.05) is 44.7 Å². The molecule has 0 amide bonds. The Morgan fingerprint density at radius 1 is 1.30 bits per heavy atom. The van der Waals surface area contributed by atoms with E-state index in [1.165, 1.54) is 0 Å². The van der Waals surface area contributed by atoms with E-state index in [-0.39, 0.29) is 5.78 Å². The number of likely N-dealkylation sites (N-methyl/N-ethyl adjacent to an activating group) is 1. The van der Waals surface area contributed by atoms with Gasteiger partial charge in [-0.2, -0.15) is 0 Å². The average Bonchev–Trinajstić information content (AvgIpc) is 2.93. The van der Waals surface area contributed by atoms with E-state index in [0.717, 1.165) is 49.3 Å². The highest BCUT2D eigenvalue weighted by atomic mass is 16.1. The molecule has 0 aliphatic carbocycles. The van der Waals surface area contributed by atoms with Crippen LogP contribution in [0, 0.1) is 0 Å². The van der Waals surface area contributed by atoms with Crippen molar-refractivity contribution in [3.8, 4) is 0 Å². The Labute approximate surface area is 118 Å². The Bertz CT molecular complexity index is 599. The Hall–Kier alpha value is -1.72. The molecule has 5 heteroatoms. The number of fused-ring (bicyclic) bond motifs is 1. The fourth-order valence-electron chi connectivity index (χ4n) is 2.58. The number of benzene rings is 1. The number of hydrogen-bond donors (Lipinski definition) is 1. The first-order valence-electron chi connectivity index (χ1n) is 7.09. The second-order valence-electron chi connectivity index (χ2n) is 5.45. The van der Waals surface area contributed by atoms with E-state index in [1.807, 2.05) is 18.2 Å². The third-order valence-electron chi connectivity index (χ3n) is 3.99. The monoisotopic (exact) mass is 272 g/mol. The van der Waals surface area contributed by atoms with E-state index in [4.69, 9.17) is 0 Å². The summed E-state index contributed by atoms with van der Waals surface area (Å²) < 4.78 is 0. The van der Waals surface area contributed by atoms with Gasteiger partial charge in [0.05, 0.1) is 17.4 Å². The maximum atomic E-state index is 12.2. The third kappa shape index (κ3) is 2.89. The molecule has 0 bridgehead atoms. The molecule has 0 unspecified atom stereocenters. The van der Waals surface area contributed by atoms with E-state index >= 15 is 0 Å². The van der Waals surface area contributed by atoms with Crippen molar-refractivity contribution in [1.82, 2.24) is 19.8 Å². The number of carbonyl (C=O) groups is 1. The smallest absolute Gasteiger partial charge is 0.164 e. The molecule has 0 spiro atoms. The minimum Gasteiger partial charge on any atom is -0.345 e. The Balaban J connectivity index is 1.58. The molecular weight excluding hydrogens is 252 g/mol. The minimum absolute atomic E-state index is 0.209. The summed E-state index contributed by atoms with van der Waals surface area (Å²) in [7, 11) is 2.14. The molecule has 106 valence electrons. The predicted octanol–water partition coefficient (Wildman–Crippen LogP) is 1.38. The molecule has 1 N–H and O–H groups in total. The summed E-state index contributed by atoms with van der Waals surface area (Å²) in [6, 6.07) is 5.67. The van der Waals surface area contributed by atoms with Crippen molar-refractivity contribution in [3.63, 3.8) is 0 Å². The molecule has 0 radical (unpaired) electrons. The van der Waals surface area contributed by atoms with Crippen LogP contribution in [-0.4, -0.2) is 65.3 Å². The molecule has 2 aromatic rings. The van der Waals surface area contributed by atoms with Crippen LogP contribution in [0.1, 0.15) is 16.8 Å². The number of nitrogens with one attached hydrogen (secondary N) is 1. The summed E-state index contributed by atoms with van der Waals surface area (Å²) >= 11 is 0. The van der Waals surface area contributed by atoms with Gasteiger partial charge in [0.25, 0.3) is 0 Å². The van der Waals surface area contributed by atoms with Crippen molar-refractivity contribution >= 4 is 16.8 Å². The highest BCUT2D eigenvalue weighted by Crippen LogP contribution is 2.13. The predicted molar refractivity (Wildman–Crippen MR) is 79.0 cm³/mol. The second kappa shape index (κ2) is 5.73. The maximum absolute atomic E-state index is 12.2. The van der Waals surface area contributed by atoms with Crippen molar-refractivity contribution in [2.45, 2.75) is 6.42 Å². The van der Waals surface area contributed by atoms with Crippen LogP contribution in [0.5, 0.6) is 0 Å². The average molecular weight is 272 g/mol. The zero-order chi connectivity index (χ0) is 13.9. The Morgan fingerprint density at radius 3 is 2.90 bits per heavy atom. The molecule has 1 saturated heterocycles. The molecular formula is C15H20N4O. The highest BCUT2D eigenvalue weighted by Gasteiger charge is 2.15. The highest BCUT2D eigenvalue weighted by molar-refractivity contribution is 5.98. The van der Waals surface area contributed by atoms with Crippen LogP contribution in [0.2, 0.25) is 0 Å². The summed E-state index contributed by atoms with van der Waals surface area (Å²) in [6.07, 6.45) is 2.24. The SMILES string of the molecule is CN1CCN(CCC(=O)c2ccc3nc[nH]c3c2)CC1. The normalized spacial score (nSPS) is 17.6. The number of H-pyrrole nitrogens is 1. The number of Topliss-reactive ketones (excluding diaryl/α,β-unsaturated/α-hetero) is 1. The fraction of sp³-hybridized carbons (Fsp3) is 0.467. The first-order chi connectivity index (χ1) is 9.72. The Kier molecular flexibility index (Phi) is 3.80. The van der Waals surface area contributed by atoms with Gasteiger partial charge in [-0.1, -0.05) is 0 Å². The first-order valence-corrected chi connectivity index (χ1v) is 7.09. The van der Waals surface area contributed by atoms with Gasteiger partial charge in [0.2, 0.25) is 0 Å². The first kappa shape index (κ1) is 13.3. The molecule has 1 aliphatic heterocycles. The lowest BCUT2D eigenvalue weighted by Crippen LogP contribution is -2.45. The molecule has 3 rings (SSSR count). The van der Waals surface area contributed by atoms with Crippen LogP contribution >= 0.6 is 0 Å². The second-order valence-corrected chi connectivity index (χ2v) is 5.45. The van der Waals surface area contributed by atoms with Gasteiger partial charge in [0.1, 0.15) is 0 Å². The summed E-state index contributed by atoms with van der Waals surface area (Å²) in [5.74, 6) is 0.209. The van der Waals surface area contributed by atoms with E-state index < -0.39 is 0 Å². The number of nitrogens with zero attached hydrogens (tertiary/aromatic N) is 3. The van der Waals surface area contributed by atoms with E-state index in [1.54, 1.807) is 6.33 Å². The van der Waals surface area contributed by atoms with Gasteiger partial charge in [-0.05, 0) is 25.2 Å². The summed E-state index contributed by atoms with van der Waals surface area (Å²) in [6.45, 7) is 5.16. The quantitative estimate of drug-likeness (QED) is 0.854. The van der Waals surface area contributed by atoms with Crippen molar-refractivity contribution < 1.29 is 4.79 Å². The number of imidazole rings is 1. The van der Waals surface area contributed by atoms with E-state index in [0.29, 0.717) is 6.42 Å². The van der Waals surface area contributed by atoms with Crippen LogP contribution in [0.25, 0.3) is 11.0 Å². The number of piperazine rings is 1. The number of aromatic nitrogens is 2. The molecule has 20 heavy (non-hydrogen) atoms. The number of aromatic amines is 1. The van der Waals surface area contributed by atoms with Gasteiger partial charge < -0.3 is 14.8 Å². The molecule has 0 saturated carbocycles. The van der Waals surface area contributed by atoms with Crippen molar-refractivity contribution in [3.05, 3.63) is 30.1 Å². The van der Waals surface area contributed by atoms with Gasteiger partial charge >= 0.3 is 0 Å². The molecule has 1 fully saturated rings. The summed E-state index contributed by atoms with van der Waals surface area (Å²) in [5.41, 5.74) is 2.60. The standard InChI is InChI=1S/C15H20N4O/c1-18-6-8-19(9-7-18)5-4-15(20)12-2-3-13-14(10-12)17-11-16-13/h2-3,10-11H,4-9H2,1H3,(H,16,17). The molecule has 0 atom stereocenters. The maximum Gasteiger partial charge on any atom is 0.164 e. The molecule has 5 nitrogen and oxygen atoms in total. The summed E-state index contributed by atoms with van der Waals surface area (Å²) in [5, 5.41) is 0. The molecule has 1 aliphatic rings. The molecule has 1 aromatic carbocycles. The zero-order valence-electron chi connectivity index (χ0n) is 11.8. The lowest BCUT2D eigenvalue weighted by atomic mass is 10.1. The van der Waals surface area contributed by atoms with Crippen LogP contribution < -0.4 is 0 Å². The van der Waals surface area contributed by atoms with Crippen LogP contribution in [0.3, 0.4) is 0 Å². The Morgan fingerprint density at radius 2 is 2.10 bits per heavy atom. The fourth-order valence-corrected chi connectivity index (χ4v) is 2.58. The van der Waals surface area contributed by atoms with E-state index in [9.17, 15) is 4.79 Å². The number of rotatable bonds is 4. The zero-order valence-corrected chi connectivity index (χ0v) is 11.8. The molecule has 2 heterocycles. The van der Waals surface area contributed by atoms with E-state index in [2.05, 4.69) is 26.8 Å². The largest absolute Gasteiger partial charge is 0.345 e. The number of ketones is 1. The van der Waals surface area contributed by atoms with Gasteiger partial charge in [-0.25, -0.2) is 4.98 Å². The van der Waals surface area contributed by atoms with Crippen LogP contribution in [0.15, 0.2) is 24.5 Å². The topological polar surface area (TPSA) is 52.2 Å². The molecule has 1 aromatic heterocycles. The lowest BCUT2D eigenvalue weighted by molar-refractivity contribution is 0.0942. The summed E-state index contributed by atoms with van der Waals surface area (Å²) in [4.78, 5) is 24.1.